The van der Waals surface area contributed by atoms with Crippen molar-refractivity contribution < 1.29 is 4.79 Å². The van der Waals surface area contributed by atoms with Gasteiger partial charge in [-0.2, -0.15) is 0 Å². The van der Waals surface area contributed by atoms with E-state index < -0.39 is 0 Å². The van der Waals surface area contributed by atoms with Crippen LogP contribution in [0.25, 0.3) is 33.6 Å². The molecule has 0 atom stereocenters. The van der Waals surface area contributed by atoms with Crippen molar-refractivity contribution in [1.82, 2.24) is 29.4 Å². The lowest BCUT2D eigenvalue weighted by Gasteiger charge is -2.35. The van der Waals surface area contributed by atoms with Gasteiger partial charge in [0.2, 0.25) is 5.91 Å². The molecule has 9 heteroatoms. The molecule has 1 aliphatic heterocycles. The minimum Gasteiger partial charge on any atom is -0.358 e. The first-order valence-corrected chi connectivity index (χ1v) is 11.8. The summed E-state index contributed by atoms with van der Waals surface area (Å²) in [5.41, 5.74) is 3.68. The number of carbonyl (C=O) groups is 1. The zero-order valence-corrected chi connectivity index (χ0v) is 19.0. The maximum Gasteiger partial charge on any atom is 0.242 e. The molecule has 0 bridgehead atoms. The number of hydrogen-bond donors (Lipinski definition) is 1. The lowest BCUT2D eigenvalue weighted by Crippen LogP contribution is -2.49. The second-order valence-corrected chi connectivity index (χ2v) is 9.40. The Balaban J connectivity index is 1.17. The number of pyridine rings is 1. The highest BCUT2D eigenvalue weighted by Crippen LogP contribution is 2.36. The number of nitrogens with zero attached hydrogens (tertiary/aromatic N) is 6. The number of piperazine rings is 1. The highest BCUT2D eigenvalue weighted by molar-refractivity contribution is 7.16. The van der Waals surface area contributed by atoms with Gasteiger partial charge in [0.05, 0.1) is 16.0 Å². The zero-order valence-electron chi connectivity index (χ0n) is 18.2. The van der Waals surface area contributed by atoms with Crippen LogP contribution in [-0.2, 0) is 11.3 Å². The van der Waals surface area contributed by atoms with E-state index in [9.17, 15) is 4.79 Å². The molecule has 33 heavy (non-hydrogen) atoms. The van der Waals surface area contributed by atoms with Gasteiger partial charge in [0.1, 0.15) is 22.9 Å². The third-order valence-corrected chi connectivity index (χ3v) is 7.11. The van der Waals surface area contributed by atoms with Gasteiger partial charge in [0, 0.05) is 44.0 Å². The number of rotatable bonds is 4. The van der Waals surface area contributed by atoms with E-state index in [1.54, 1.807) is 17.5 Å². The molecule has 5 heterocycles. The fourth-order valence-corrected chi connectivity index (χ4v) is 5.37. The van der Waals surface area contributed by atoms with Gasteiger partial charge in [0.15, 0.2) is 5.82 Å². The van der Waals surface area contributed by atoms with Gasteiger partial charge in [-0.3, -0.25) is 4.79 Å². The van der Waals surface area contributed by atoms with Crippen molar-refractivity contribution in [2.45, 2.75) is 13.5 Å². The van der Waals surface area contributed by atoms with Crippen molar-refractivity contribution >= 4 is 44.3 Å². The monoisotopic (exact) mass is 457 g/mol. The number of aromatic amines is 1. The van der Waals surface area contributed by atoms with Gasteiger partial charge in [-0.1, -0.05) is 12.1 Å². The first-order chi connectivity index (χ1) is 16.2. The summed E-state index contributed by atoms with van der Waals surface area (Å²) in [6, 6.07) is 13.9. The average Bonchev–Trinajstić information content (AvgIpc) is 3.56. The summed E-state index contributed by atoms with van der Waals surface area (Å²) in [6.45, 7) is 5.24. The smallest absolute Gasteiger partial charge is 0.242 e. The van der Waals surface area contributed by atoms with Gasteiger partial charge < -0.3 is 19.4 Å². The molecule has 0 aliphatic carbocycles. The summed E-state index contributed by atoms with van der Waals surface area (Å²) in [4.78, 5) is 34.6. The van der Waals surface area contributed by atoms with Crippen LogP contribution in [0.2, 0.25) is 0 Å². The summed E-state index contributed by atoms with van der Waals surface area (Å²) in [5, 5.41) is 3.17. The normalized spacial score (nSPS) is 14.5. The summed E-state index contributed by atoms with van der Waals surface area (Å²) < 4.78 is 1.93. The van der Waals surface area contributed by atoms with Crippen LogP contribution in [0.15, 0.2) is 54.9 Å². The van der Waals surface area contributed by atoms with E-state index in [2.05, 4.69) is 14.9 Å². The number of hydrogen-bond acceptors (Lipinski definition) is 6. The van der Waals surface area contributed by atoms with E-state index in [1.807, 2.05) is 65.1 Å². The molecule has 0 unspecified atom stereocenters. The highest BCUT2D eigenvalue weighted by Gasteiger charge is 2.26. The number of aromatic nitrogens is 5. The molecule has 1 amide bonds. The van der Waals surface area contributed by atoms with Crippen molar-refractivity contribution in [3.05, 3.63) is 59.9 Å². The van der Waals surface area contributed by atoms with Crippen LogP contribution in [0.5, 0.6) is 0 Å². The molecule has 1 saturated heterocycles. The molecule has 0 radical (unpaired) electrons. The van der Waals surface area contributed by atoms with Crippen molar-refractivity contribution in [3.8, 4) is 11.5 Å². The first-order valence-electron chi connectivity index (χ1n) is 11.0. The summed E-state index contributed by atoms with van der Waals surface area (Å²) >= 11 is 1.68. The van der Waals surface area contributed by atoms with Crippen LogP contribution in [0, 0.1) is 6.92 Å². The zero-order chi connectivity index (χ0) is 22.4. The second kappa shape index (κ2) is 8.00. The number of fused-ring (bicyclic) bond motifs is 2. The third kappa shape index (κ3) is 3.64. The molecular formula is C24H23N7OS. The Kier molecular flexibility index (Phi) is 4.83. The van der Waals surface area contributed by atoms with Crippen molar-refractivity contribution in [3.63, 3.8) is 0 Å². The SMILES string of the molecule is Cc1nc(-c2nc3ccccc3[nH]2)c(N2CCN(C(=O)Cn3ccc4cccnc43)CC2)s1. The Hall–Kier alpha value is -3.72. The van der Waals surface area contributed by atoms with Gasteiger partial charge in [-0.25, -0.2) is 15.0 Å². The highest BCUT2D eigenvalue weighted by atomic mass is 32.1. The maximum atomic E-state index is 13.0. The number of H-pyrrole nitrogens is 1. The van der Waals surface area contributed by atoms with E-state index in [1.165, 1.54) is 0 Å². The number of imidazole rings is 1. The standard InChI is InChI=1S/C24H23N7OS/c1-16-26-21(22-27-18-6-2-3-7-19(18)28-22)24(33-16)30-13-11-29(12-14-30)20(32)15-31-10-8-17-5-4-9-25-23(17)31/h2-10H,11-15H2,1H3,(H,27,28). The lowest BCUT2D eigenvalue weighted by atomic mass is 10.3. The van der Waals surface area contributed by atoms with E-state index >= 15 is 0 Å². The van der Waals surface area contributed by atoms with Crippen molar-refractivity contribution in [2.24, 2.45) is 0 Å². The molecule has 1 N–H and O–H groups in total. The topological polar surface area (TPSA) is 82.9 Å². The Morgan fingerprint density at radius 3 is 2.76 bits per heavy atom. The largest absolute Gasteiger partial charge is 0.358 e. The number of para-hydroxylation sites is 2. The van der Waals surface area contributed by atoms with Crippen molar-refractivity contribution in [1.29, 1.82) is 0 Å². The van der Waals surface area contributed by atoms with Crippen LogP contribution in [0.1, 0.15) is 5.01 Å². The molecule has 1 aliphatic rings. The van der Waals surface area contributed by atoms with Crippen LogP contribution in [-0.4, -0.2) is 61.5 Å². The predicted octanol–water partition coefficient (Wildman–Crippen LogP) is 3.69. The Labute approximate surface area is 194 Å². The lowest BCUT2D eigenvalue weighted by molar-refractivity contribution is -0.132. The minimum absolute atomic E-state index is 0.121. The number of benzene rings is 1. The molecule has 1 fully saturated rings. The van der Waals surface area contributed by atoms with Crippen LogP contribution in [0.3, 0.4) is 0 Å². The molecule has 8 nitrogen and oxygen atoms in total. The van der Waals surface area contributed by atoms with Gasteiger partial charge >= 0.3 is 0 Å². The number of thiazole rings is 1. The molecule has 1 aromatic carbocycles. The number of amides is 1. The molecule has 0 saturated carbocycles. The van der Waals surface area contributed by atoms with Crippen LogP contribution < -0.4 is 4.90 Å². The van der Waals surface area contributed by atoms with Crippen LogP contribution in [0.4, 0.5) is 5.00 Å². The fraction of sp³-hybridized carbons (Fsp3) is 0.250. The summed E-state index contributed by atoms with van der Waals surface area (Å²) in [6.07, 6.45) is 3.70. The predicted molar refractivity (Wildman–Crippen MR) is 130 cm³/mol. The Bertz CT molecular complexity index is 1430. The number of carbonyl (C=O) groups excluding carboxylic acids is 1. The molecule has 6 rings (SSSR count). The number of nitrogens with one attached hydrogen (secondary N) is 1. The maximum absolute atomic E-state index is 13.0. The number of aryl methyl sites for hydroxylation is 1. The molecule has 4 aromatic heterocycles. The quantitative estimate of drug-likeness (QED) is 0.445. The van der Waals surface area contributed by atoms with E-state index in [0.717, 1.165) is 56.7 Å². The molecular weight excluding hydrogens is 434 g/mol. The van der Waals surface area contributed by atoms with Crippen LogP contribution >= 0.6 is 11.3 Å². The van der Waals surface area contributed by atoms with Crippen molar-refractivity contribution in [2.75, 3.05) is 31.1 Å². The second-order valence-electron chi connectivity index (χ2n) is 8.22. The van der Waals surface area contributed by atoms with E-state index in [-0.39, 0.29) is 5.91 Å². The first kappa shape index (κ1) is 19.9. The Morgan fingerprint density at radius 2 is 1.91 bits per heavy atom. The third-order valence-electron chi connectivity index (χ3n) is 6.08. The summed E-state index contributed by atoms with van der Waals surface area (Å²) in [5.74, 6) is 0.914. The van der Waals surface area contributed by atoms with Gasteiger partial charge in [0.25, 0.3) is 0 Å². The van der Waals surface area contributed by atoms with E-state index in [4.69, 9.17) is 9.97 Å². The Morgan fingerprint density at radius 1 is 1.06 bits per heavy atom. The molecule has 5 aromatic rings. The fourth-order valence-electron chi connectivity index (χ4n) is 4.40. The molecule has 0 spiro atoms. The average molecular weight is 458 g/mol. The van der Waals surface area contributed by atoms with Gasteiger partial charge in [-0.05, 0) is 37.3 Å². The summed E-state index contributed by atoms with van der Waals surface area (Å²) in [7, 11) is 0. The van der Waals surface area contributed by atoms with E-state index in [0.29, 0.717) is 19.6 Å². The molecule has 166 valence electrons. The minimum atomic E-state index is 0.121. The number of anilines is 1. The van der Waals surface area contributed by atoms with Gasteiger partial charge in [-0.15, -0.1) is 11.3 Å².